The highest BCUT2D eigenvalue weighted by Gasteiger charge is 2.06. The molecule has 0 aliphatic heterocycles. The zero-order chi connectivity index (χ0) is 13.4. The molecule has 1 rings (SSSR count). The molecule has 0 saturated carbocycles. The topological polar surface area (TPSA) is 84.2 Å². The smallest absolute Gasteiger partial charge is 0.226 e. The number of nitrogens with one attached hydrogen (secondary N) is 2. The molecular formula is C12H19N3O3. The van der Waals surface area contributed by atoms with Crippen molar-refractivity contribution in [1.29, 1.82) is 0 Å². The summed E-state index contributed by atoms with van der Waals surface area (Å²) in [6.07, 6.45) is 1.93. The van der Waals surface area contributed by atoms with E-state index in [0.29, 0.717) is 24.5 Å². The molecule has 0 fully saturated rings. The molecule has 0 spiro atoms. The summed E-state index contributed by atoms with van der Waals surface area (Å²) in [6.45, 7) is 4.53. The zero-order valence-corrected chi connectivity index (χ0v) is 10.8. The van der Waals surface area contributed by atoms with Crippen LogP contribution in [0, 0.1) is 6.92 Å². The highest BCUT2D eigenvalue weighted by Crippen LogP contribution is 2.01. The Kier molecular flexibility index (Phi) is 5.90. The lowest BCUT2D eigenvalue weighted by atomic mass is 10.2. The van der Waals surface area contributed by atoms with Crippen molar-refractivity contribution < 1.29 is 14.1 Å². The maximum Gasteiger partial charge on any atom is 0.226 e. The lowest BCUT2D eigenvalue weighted by molar-refractivity contribution is -0.121. The molecule has 0 aromatic carbocycles. The van der Waals surface area contributed by atoms with Gasteiger partial charge in [0.25, 0.3) is 0 Å². The lowest BCUT2D eigenvalue weighted by Crippen LogP contribution is -2.27. The van der Waals surface area contributed by atoms with Crippen molar-refractivity contribution in [2.75, 3.05) is 13.1 Å². The molecule has 1 aromatic heterocycles. The normalized spacial score (nSPS) is 10.1. The number of rotatable bonds is 7. The van der Waals surface area contributed by atoms with Gasteiger partial charge in [0.1, 0.15) is 5.76 Å². The second-order valence-electron chi connectivity index (χ2n) is 4.15. The van der Waals surface area contributed by atoms with Gasteiger partial charge in [-0.05, 0) is 19.8 Å². The van der Waals surface area contributed by atoms with Crippen molar-refractivity contribution in [1.82, 2.24) is 15.8 Å². The first-order valence-electron chi connectivity index (χ1n) is 6.01. The van der Waals surface area contributed by atoms with E-state index in [4.69, 9.17) is 4.52 Å². The minimum atomic E-state index is -0.0668. The Labute approximate surface area is 106 Å². The molecule has 0 bridgehead atoms. The van der Waals surface area contributed by atoms with Crippen LogP contribution in [0.15, 0.2) is 10.6 Å². The zero-order valence-electron chi connectivity index (χ0n) is 10.8. The Balaban J connectivity index is 2.05. The summed E-state index contributed by atoms with van der Waals surface area (Å²) in [5, 5.41) is 9.25. The summed E-state index contributed by atoms with van der Waals surface area (Å²) in [4.78, 5) is 22.1. The minimum absolute atomic E-state index is 0.0274. The van der Waals surface area contributed by atoms with Gasteiger partial charge >= 0.3 is 0 Å². The first-order valence-corrected chi connectivity index (χ1v) is 6.01. The van der Waals surface area contributed by atoms with Crippen molar-refractivity contribution in [3.05, 3.63) is 17.5 Å². The molecule has 6 nitrogen and oxygen atoms in total. The number of amides is 2. The summed E-state index contributed by atoms with van der Waals surface area (Å²) in [5.74, 6) is 0.608. The fourth-order valence-corrected chi connectivity index (χ4v) is 1.47. The van der Waals surface area contributed by atoms with Crippen molar-refractivity contribution in [3.63, 3.8) is 0 Å². The van der Waals surface area contributed by atoms with Gasteiger partial charge in [-0.15, -0.1) is 0 Å². The maximum absolute atomic E-state index is 11.5. The number of hydrogen-bond acceptors (Lipinski definition) is 4. The van der Waals surface area contributed by atoms with E-state index in [-0.39, 0.29) is 18.2 Å². The Morgan fingerprint density at radius 3 is 2.50 bits per heavy atom. The van der Waals surface area contributed by atoms with Crippen LogP contribution < -0.4 is 10.6 Å². The Hall–Kier alpha value is -1.85. The molecule has 18 heavy (non-hydrogen) atoms. The van der Waals surface area contributed by atoms with Gasteiger partial charge in [0.15, 0.2) is 0 Å². The first kappa shape index (κ1) is 14.2. The molecule has 1 heterocycles. The average Bonchev–Trinajstić information content (AvgIpc) is 2.68. The molecule has 0 saturated heterocycles. The summed E-state index contributed by atoms with van der Waals surface area (Å²) < 4.78 is 4.88. The van der Waals surface area contributed by atoms with E-state index in [1.54, 1.807) is 13.0 Å². The van der Waals surface area contributed by atoms with E-state index in [1.807, 2.05) is 0 Å². The van der Waals surface area contributed by atoms with Gasteiger partial charge in [-0.2, -0.15) is 0 Å². The molecule has 2 N–H and O–H groups in total. The number of carbonyl (C=O) groups is 2. The summed E-state index contributed by atoms with van der Waals surface area (Å²) in [5.41, 5.74) is 0.642. The van der Waals surface area contributed by atoms with Gasteiger partial charge in [-0.3, -0.25) is 9.59 Å². The minimum Gasteiger partial charge on any atom is -0.361 e. The lowest BCUT2D eigenvalue weighted by Gasteiger charge is -2.04. The summed E-state index contributed by atoms with van der Waals surface area (Å²) in [6, 6.07) is 1.75. The molecular weight excluding hydrogens is 234 g/mol. The van der Waals surface area contributed by atoms with Gasteiger partial charge < -0.3 is 15.2 Å². The Morgan fingerprint density at radius 1 is 1.28 bits per heavy atom. The van der Waals surface area contributed by atoms with Crippen LogP contribution in [0.5, 0.6) is 0 Å². The average molecular weight is 253 g/mol. The van der Waals surface area contributed by atoms with Crippen molar-refractivity contribution >= 4 is 11.8 Å². The number of hydrogen-bond donors (Lipinski definition) is 2. The van der Waals surface area contributed by atoms with E-state index in [9.17, 15) is 9.59 Å². The third-order valence-corrected chi connectivity index (χ3v) is 2.32. The highest BCUT2D eigenvalue weighted by atomic mass is 16.5. The first-order chi connectivity index (χ1) is 8.58. The second-order valence-corrected chi connectivity index (χ2v) is 4.15. The maximum atomic E-state index is 11.5. The molecule has 6 heteroatoms. The van der Waals surface area contributed by atoms with E-state index >= 15 is 0 Å². The van der Waals surface area contributed by atoms with E-state index < -0.39 is 0 Å². The van der Waals surface area contributed by atoms with Crippen LogP contribution in [0.4, 0.5) is 0 Å². The van der Waals surface area contributed by atoms with E-state index in [2.05, 4.69) is 15.8 Å². The molecule has 0 atom stereocenters. The van der Waals surface area contributed by atoms with Crippen LogP contribution in [-0.2, 0) is 16.0 Å². The van der Waals surface area contributed by atoms with Gasteiger partial charge in [0, 0.05) is 26.1 Å². The van der Waals surface area contributed by atoms with Gasteiger partial charge in [0.2, 0.25) is 11.8 Å². The largest absolute Gasteiger partial charge is 0.361 e. The predicted molar refractivity (Wildman–Crippen MR) is 65.9 cm³/mol. The number of nitrogens with zero attached hydrogens (tertiary/aromatic N) is 1. The fourth-order valence-electron chi connectivity index (χ4n) is 1.47. The van der Waals surface area contributed by atoms with E-state index in [1.165, 1.54) is 6.92 Å². The van der Waals surface area contributed by atoms with Crippen molar-refractivity contribution in [2.24, 2.45) is 0 Å². The van der Waals surface area contributed by atoms with Crippen LogP contribution in [0.2, 0.25) is 0 Å². The van der Waals surface area contributed by atoms with Gasteiger partial charge in [0.05, 0.1) is 12.1 Å². The predicted octanol–water partition coefficient (Wildman–Crippen LogP) is 0.558. The second kappa shape index (κ2) is 7.47. The Bertz CT molecular complexity index is 401. The molecule has 2 amide bonds. The molecule has 100 valence electrons. The van der Waals surface area contributed by atoms with Crippen LogP contribution >= 0.6 is 0 Å². The van der Waals surface area contributed by atoms with E-state index in [0.717, 1.165) is 12.8 Å². The number of unbranched alkanes of at least 4 members (excludes halogenated alkanes) is 1. The standard InChI is InChI=1S/C12H19N3O3/c1-9-7-11(15-18-9)8-12(17)14-6-4-3-5-13-10(2)16/h7H,3-6,8H2,1-2H3,(H,13,16)(H,14,17). The Morgan fingerprint density at radius 2 is 1.94 bits per heavy atom. The van der Waals surface area contributed by atoms with Gasteiger partial charge in [-0.1, -0.05) is 5.16 Å². The van der Waals surface area contributed by atoms with Crippen LogP contribution in [0.3, 0.4) is 0 Å². The molecule has 0 aliphatic rings. The van der Waals surface area contributed by atoms with Gasteiger partial charge in [-0.25, -0.2) is 0 Å². The number of aromatic nitrogens is 1. The molecule has 0 radical (unpaired) electrons. The summed E-state index contributed by atoms with van der Waals surface area (Å²) in [7, 11) is 0. The number of aryl methyl sites for hydroxylation is 1. The van der Waals surface area contributed by atoms with Crippen LogP contribution in [-0.4, -0.2) is 30.1 Å². The molecule has 0 aliphatic carbocycles. The number of carbonyl (C=O) groups excluding carboxylic acids is 2. The highest BCUT2D eigenvalue weighted by molar-refractivity contribution is 5.78. The third-order valence-electron chi connectivity index (χ3n) is 2.32. The quantitative estimate of drug-likeness (QED) is 0.695. The molecule has 0 unspecified atom stereocenters. The van der Waals surface area contributed by atoms with Crippen LogP contribution in [0.25, 0.3) is 0 Å². The van der Waals surface area contributed by atoms with Crippen molar-refractivity contribution in [3.8, 4) is 0 Å². The fraction of sp³-hybridized carbons (Fsp3) is 0.583. The third kappa shape index (κ3) is 6.03. The monoisotopic (exact) mass is 253 g/mol. The summed E-state index contributed by atoms with van der Waals surface area (Å²) >= 11 is 0. The van der Waals surface area contributed by atoms with Crippen molar-refractivity contribution in [2.45, 2.75) is 33.1 Å². The van der Waals surface area contributed by atoms with Crippen LogP contribution in [0.1, 0.15) is 31.2 Å². The SMILES string of the molecule is CC(=O)NCCCCNC(=O)Cc1cc(C)on1. The molecule has 1 aromatic rings.